The van der Waals surface area contributed by atoms with Crippen LogP contribution in [0.4, 0.5) is 5.69 Å². The fraction of sp³-hybridized carbons (Fsp3) is 0.412. The maximum atomic E-state index is 12.2. The third-order valence-electron chi connectivity index (χ3n) is 3.80. The number of nitrogens with one attached hydrogen (secondary N) is 1. The summed E-state index contributed by atoms with van der Waals surface area (Å²) >= 11 is 0. The van der Waals surface area contributed by atoms with Crippen LogP contribution in [0.3, 0.4) is 0 Å². The van der Waals surface area contributed by atoms with Crippen LogP contribution in [0.5, 0.6) is 5.75 Å². The van der Waals surface area contributed by atoms with Crippen LogP contribution in [0.1, 0.15) is 17.0 Å². The van der Waals surface area contributed by atoms with E-state index in [2.05, 4.69) is 10.4 Å². The number of methoxy groups -OCH3 is 1. The van der Waals surface area contributed by atoms with Gasteiger partial charge in [-0.05, 0) is 38.6 Å². The third kappa shape index (κ3) is 4.32. The number of anilines is 1. The number of carbonyl (C=O) groups excluding carboxylic acids is 1. The smallest absolute Gasteiger partial charge is 0.238 e. The largest absolute Gasteiger partial charge is 0.497 e. The molecule has 6 nitrogen and oxygen atoms in total. The molecule has 1 amide bonds. The zero-order valence-corrected chi connectivity index (χ0v) is 14.4. The van der Waals surface area contributed by atoms with Crippen molar-refractivity contribution < 1.29 is 9.53 Å². The second-order valence-electron chi connectivity index (χ2n) is 5.74. The number of likely N-dealkylation sites (N-methyl/N-ethyl adjacent to an activating group) is 1. The van der Waals surface area contributed by atoms with Crippen LogP contribution < -0.4 is 10.1 Å². The number of carbonyl (C=O) groups is 1. The lowest BCUT2D eigenvalue weighted by Gasteiger charge is -2.16. The van der Waals surface area contributed by atoms with E-state index in [0.717, 1.165) is 28.4 Å². The molecule has 1 aromatic carbocycles. The standard InChI is InChI=1S/C17H24N4O2/c1-12-17(13(2)21(4)19-12)18-16(22)11-20(3)10-14-6-8-15(23-5)9-7-14/h6-9H,10-11H2,1-5H3,(H,18,22). The molecule has 2 aromatic rings. The summed E-state index contributed by atoms with van der Waals surface area (Å²) in [6.45, 7) is 4.85. The zero-order chi connectivity index (χ0) is 17.0. The van der Waals surface area contributed by atoms with E-state index < -0.39 is 0 Å². The lowest BCUT2D eigenvalue weighted by atomic mass is 10.2. The molecule has 0 atom stereocenters. The lowest BCUT2D eigenvalue weighted by molar-refractivity contribution is -0.117. The Balaban J connectivity index is 1.91. The molecule has 0 saturated carbocycles. The van der Waals surface area contributed by atoms with Gasteiger partial charge in [0.15, 0.2) is 0 Å². The van der Waals surface area contributed by atoms with Crippen molar-refractivity contribution in [2.45, 2.75) is 20.4 Å². The third-order valence-corrected chi connectivity index (χ3v) is 3.80. The first-order valence-corrected chi connectivity index (χ1v) is 7.52. The summed E-state index contributed by atoms with van der Waals surface area (Å²) in [5.74, 6) is 0.789. The molecule has 0 aliphatic carbocycles. The van der Waals surface area contributed by atoms with Crippen molar-refractivity contribution in [1.82, 2.24) is 14.7 Å². The first-order valence-electron chi connectivity index (χ1n) is 7.52. The van der Waals surface area contributed by atoms with E-state index >= 15 is 0 Å². The Morgan fingerprint density at radius 2 is 1.96 bits per heavy atom. The van der Waals surface area contributed by atoms with Crippen molar-refractivity contribution >= 4 is 11.6 Å². The van der Waals surface area contributed by atoms with Crippen molar-refractivity contribution in [3.63, 3.8) is 0 Å². The van der Waals surface area contributed by atoms with Gasteiger partial charge in [0.1, 0.15) is 5.75 Å². The highest BCUT2D eigenvalue weighted by molar-refractivity contribution is 5.93. The molecule has 0 spiro atoms. The van der Waals surface area contributed by atoms with Crippen LogP contribution in [-0.2, 0) is 18.4 Å². The van der Waals surface area contributed by atoms with Gasteiger partial charge in [0.05, 0.1) is 30.7 Å². The average molecular weight is 316 g/mol. The number of benzene rings is 1. The Bertz CT molecular complexity index is 677. The minimum absolute atomic E-state index is 0.0415. The summed E-state index contributed by atoms with van der Waals surface area (Å²) in [7, 11) is 5.44. The van der Waals surface area contributed by atoms with Gasteiger partial charge in [0, 0.05) is 13.6 Å². The summed E-state index contributed by atoms with van der Waals surface area (Å²) in [4.78, 5) is 14.2. The number of amides is 1. The molecule has 0 radical (unpaired) electrons. The quantitative estimate of drug-likeness (QED) is 0.887. The topological polar surface area (TPSA) is 59.4 Å². The normalized spacial score (nSPS) is 10.9. The highest BCUT2D eigenvalue weighted by Gasteiger charge is 2.14. The molecular formula is C17H24N4O2. The second kappa shape index (κ2) is 7.28. The summed E-state index contributed by atoms with van der Waals surface area (Å²) < 4.78 is 6.91. The van der Waals surface area contributed by atoms with Gasteiger partial charge < -0.3 is 10.1 Å². The predicted octanol–water partition coefficient (Wildman–Crippen LogP) is 2.12. The SMILES string of the molecule is COc1ccc(CN(C)CC(=O)Nc2c(C)nn(C)c2C)cc1. The molecule has 1 aromatic heterocycles. The predicted molar refractivity (Wildman–Crippen MR) is 90.6 cm³/mol. The summed E-state index contributed by atoms with van der Waals surface area (Å²) in [6, 6.07) is 7.85. The minimum atomic E-state index is -0.0415. The molecule has 0 saturated heterocycles. The summed E-state index contributed by atoms with van der Waals surface area (Å²) in [5.41, 5.74) is 3.72. The van der Waals surface area contributed by atoms with Gasteiger partial charge in [0.2, 0.25) is 5.91 Å². The number of rotatable bonds is 6. The first kappa shape index (κ1) is 17.0. The molecule has 0 unspecified atom stereocenters. The minimum Gasteiger partial charge on any atom is -0.497 e. The van der Waals surface area contributed by atoms with E-state index in [1.807, 2.05) is 57.1 Å². The number of ether oxygens (including phenoxy) is 1. The van der Waals surface area contributed by atoms with Gasteiger partial charge in [-0.1, -0.05) is 12.1 Å². The first-order chi connectivity index (χ1) is 10.9. The maximum absolute atomic E-state index is 12.2. The van der Waals surface area contributed by atoms with Crippen LogP contribution in [-0.4, -0.2) is 41.3 Å². The molecule has 124 valence electrons. The number of aromatic nitrogens is 2. The van der Waals surface area contributed by atoms with Gasteiger partial charge in [-0.2, -0.15) is 5.10 Å². The Kier molecular flexibility index (Phi) is 5.39. The number of hydrogen-bond acceptors (Lipinski definition) is 4. The number of aryl methyl sites for hydroxylation is 2. The van der Waals surface area contributed by atoms with Gasteiger partial charge in [-0.15, -0.1) is 0 Å². The molecule has 0 fully saturated rings. The second-order valence-corrected chi connectivity index (χ2v) is 5.74. The van der Waals surface area contributed by atoms with Gasteiger partial charge in [0.25, 0.3) is 0 Å². The Labute approximate surface area is 137 Å². The van der Waals surface area contributed by atoms with Crippen LogP contribution in [0.25, 0.3) is 0 Å². The number of nitrogens with zero attached hydrogens (tertiary/aromatic N) is 3. The molecule has 0 aliphatic heterocycles. The van der Waals surface area contributed by atoms with Crippen LogP contribution in [0.15, 0.2) is 24.3 Å². The Morgan fingerprint density at radius 1 is 1.30 bits per heavy atom. The average Bonchev–Trinajstić information content (AvgIpc) is 2.74. The summed E-state index contributed by atoms with van der Waals surface area (Å²) in [5, 5.41) is 7.25. The van der Waals surface area contributed by atoms with Gasteiger partial charge in [-0.3, -0.25) is 14.4 Å². The highest BCUT2D eigenvalue weighted by Crippen LogP contribution is 2.18. The molecule has 0 bridgehead atoms. The van der Waals surface area contributed by atoms with Crippen molar-refractivity contribution in [3.8, 4) is 5.75 Å². The Hall–Kier alpha value is -2.34. The van der Waals surface area contributed by atoms with Crippen molar-refractivity contribution in [1.29, 1.82) is 0 Å². The monoisotopic (exact) mass is 316 g/mol. The highest BCUT2D eigenvalue weighted by atomic mass is 16.5. The van der Waals surface area contributed by atoms with Crippen LogP contribution in [0.2, 0.25) is 0 Å². The molecule has 1 heterocycles. The molecular weight excluding hydrogens is 292 g/mol. The summed E-state index contributed by atoms with van der Waals surface area (Å²) in [6.07, 6.45) is 0. The van der Waals surface area contributed by atoms with Crippen molar-refractivity contribution in [3.05, 3.63) is 41.2 Å². The molecule has 23 heavy (non-hydrogen) atoms. The maximum Gasteiger partial charge on any atom is 0.238 e. The lowest BCUT2D eigenvalue weighted by Crippen LogP contribution is -2.30. The molecule has 2 rings (SSSR count). The van der Waals surface area contributed by atoms with Crippen molar-refractivity contribution in [2.24, 2.45) is 7.05 Å². The van der Waals surface area contributed by atoms with E-state index in [4.69, 9.17) is 4.74 Å². The van der Waals surface area contributed by atoms with Gasteiger partial charge >= 0.3 is 0 Å². The molecule has 6 heteroatoms. The van der Waals surface area contributed by atoms with Crippen LogP contribution >= 0.6 is 0 Å². The van der Waals surface area contributed by atoms with Crippen molar-refractivity contribution in [2.75, 3.05) is 26.0 Å². The van der Waals surface area contributed by atoms with E-state index in [1.54, 1.807) is 11.8 Å². The van der Waals surface area contributed by atoms with Crippen LogP contribution in [0, 0.1) is 13.8 Å². The van der Waals surface area contributed by atoms with E-state index in [9.17, 15) is 4.79 Å². The van der Waals surface area contributed by atoms with E-state index in [-0.39, 0.29) is 5.91 Å². The molecule has 1 N–H and O–H groups in total. The number of hydrogen-bond donors (Lipinski definition) is 1. The fourth-order valence-electron chi connectivity index (χ4n) is 2.48. The zero-order valence-electron chi connectivity index (χ0n) is 14.4. The Morgan fingerprint density at radius 3 is 2.48 bits per heavy atom. The fourth-order valence-corrected chi connectivity index (χ4v) is 2.48. The van der Waals surface area contributed by atoms with E-state index in [1.165, 1.54) is 0 Å². The molecule has 0 aliphatic rings. The van der Waals surface area contributed by atoms with E-state index in [0.29, 0.717) is 13.1 Å². The van der Waals surface area contributed by atoms with Gasteiger partial charge in [-0.25, -0.2) is 0 Å².